The van der Waals surface area contributed by atoms with Crippen molar-refractivity contribution in [3.63, 3.8) is 0 Å². The van der Waals surface area contributed by atoms with E-state index in [1.165, 1.54) is 12.4 Å². The second kappa shape index (κ2) is 5.13. The minimum absolute atomic E-state index is 0.179. The first-order valence-corrected chi connectivity index (χ1v) is 6.37. The summed E-state index contributed by atoms with van der Waals surface area (Å²) in [6, 6.07) is 1.59. The van der Waals surface area contributed by atoms with Crippen molar-refractivity contribution in [2.45, 2.75) is 39.2 Å². The highest BCUT2D eigenvalue weighted by molar-refractivity contribution is 5.16. The first-order valence-electron chi connectivity index (χ1n) is 6.37. The molecule has 4 unspecified atom stereocenters. The molecule has 0 radical (unpaired) electrons. The summed E-state index contributed by atoms with van der Waals surface area (Å²) >= 11 is 0. The molecule has 1 fully saturated rings. The minimum atomic E-state index is -0.687. The van der Waals surface area contributed by atoms with Crippen LogP contribution in [0, 0.1) is 23.6 Å². The lowest BCUT2D eigenvalue weighted by molar-refractivity contribution is 0.0535. The molecule has 1 heterocycles. The minimum Gasteiger partial charge on any atom is -0.388 e. The summed E-state index contributed by atoms with van der Waals surface area (Å²) in [5.74, 6) is 1.10. The molecule has 1 aliphatic carbocycles. The number of aliphatic hydroxyl groups is 1. The fourth-order valence-corrected chi connectivity index (χ4v) is 2.76. The van der Waals surface area contributed by atoms with Crippen LogP contribution >= 0.6 is 0 Å². The first kappa shape index (κ1) is 12.5. The lowest BCUT2D eigenvalue weighted by atomic mass is 9.73. The Kier molecular flexibility index (Phi) is 3.77. The van der Waals surface area contributed by atoms with Crippen LogP contribution in [0.5, 0.6) is 0 Å². The molecule has 17 heavy (non-hydrogen) atoms. The topological polar surface area (TPSA) is 33.1 Å². The standard InChI is InChI=1S/C14H20FNO/c1-9-3-4-11(7-10(9)2)14(17)12-5-6-16-8-13(12)15/h5-6,8-11,14,17H,3-4,7H2,1-2H3. The van der Waals surface area contributed by atoms with Gasteiger partial charge < -0.3 is 5.11 Å². The van der Waals surface area contributed by atoms with E-state index in [0.29, 0.717) is 17.4 Å². The molecule has 94 valence electrons. The highest BCUT2D eigenvalue weighted by atomic mass is 19.1. The maximum Gasteiger partial charge on any atom is 0.147 e. The van der Waals surface area contributed by atoms with Crippen LogP contribution in [0.4, 0.5) is 4.39 Å². The molecule has 0 amide bonds. The fourth-order valence-electron chi connectivity index (χ4n) is 2.76. The zero-order chi connectivity index (χ0) is 12.4. The number of pyridine rings is 1. The average molecular weight is 237 g/mol. The highest BCUT2D eigenvalue weighted by Crippen LogP contribution is 2.40. The number of hydrogen-bond donors (Lipinski definition) is 1. The first-order chi connectivity index (χ1) is 8.09. The molecular formula is C14H20FNO. The molecule has 0 aromatic carbocycles. The van der Waals surface area contributed by atoms with E-state index in [9.17, 15) is 9.50 Å². The van der Waals surface area contributed by atoms with Crippen molar-refractivity contribution in [3.8, 4) is 0 Å². The van der Waals surface area contributed by atoms with Crippen LogP contribution in [0.15, 0.2) is 18.5 Å². The van der Waals surface area contributed by atoms with Crippen LogP contribution in [-0.2, 0) is 0 Å². The Hall–Kier alpha value is -0.960. The molecule has 0 spiro atoms. The van der Waals surface area contributed by atoms with Gasteiger partial charge in [0.25, 0.3) is 0 Å². The van der Waals surface area contributed by atoms with E-state index in [1.54, 1.807) is 6.07 Å². The third-order valence-corrected chi connectivity index (χ3v) is 4.21. The highest BCUT2D eigenvalue weighted by Gasteiger charge is 2.30. The van der Waals surface area contributed by atoms with Crippen LogP contribution in [0.1, 0.15) is 44.8 Å². The van der Waals surface area contributed by atoms with E-state index in [-0.39, 0.29) is 5.92 Å². The van der Waals surface area contributed by atoms with Gasteiger partial charge in [0.1, 0.15) is 5.82 Å². The molecule has 1 N–H and O–H groups in total. The summed E-state index contributed by atoms with van der Waals surface area (Å²) in [6.45, 7) is 4.47. The largest absolute Gasteiger partial charge is 0.388 e. The van der Waals surface area contributed by atoms with E-state index in [4.69, 9.17) is 0 Å². The Labute approximate surface area is 102 Å². The number of aromatic nitrogens is 1. The summed E-state index contributed by atoms with van der Waals surface area (Å²) < 4.78 is 13.5. The summed E-state index contributed by atoms with van der Waals surface area (Å²) in [4.78, 5) is 3.71. The van der Waals surface area contributed by atoms with Crippen molar-refractivity contribution in [2.24, 2.45) is 17.8 Å². The van der Waals surface area contributed by atoms with Gasteiger partial charge in [-0.25, -0.2) is 4.39 Å². The summed E-state index contributed by atoms with van der Waals surface area (Å²) in [7, 11) is 0. The Morgan fingerprint density at radius 1 is 1.35 bits per heavy atom. The van der Waals surface area contributed by atoms with Gasteiger partial charge in [-0.05, 0) is 36.7 Å². The Morgan fingerprint density at radius 3 is 2.76 bits per heavy atom. The number of rotatable bonds is 2. The Balaban J connectivity index is 2.10. The van der Waals surface area contributed by atoms with Gasteiger partial charge in [-0.15, -0.1) is 0 Å². The van der Waals surface area contributed by atoms with E-state index in [2.05, 4.69) is 18.8 Å². The summed E-state index contributed by atoms with van der Waals surface area (Å²) in [5.41, 5.74) is 0.395. The predicted molar refractivity (Wildman–Crippen MR) is 64.8 cm³/mol. The molecule has 1 aromatic heterocycles. The maximum atomic E-state index is 13.5. The molecule has 1 aliphatic rings. The Morgan fingerprint density at radius 2 is 2.12 bits per heavy atom. The second-order valence-corrected chi connectivity index (χ2v) is 5.37. The van der Waals surface area contributed by atoms with Gasteiger partial charge >= 0.3 is 0 Å². The number of hydrogen-bond acceptors (Lipinski definition) is 2. The van der Waals surface area contributed by atoms with E-state index >= 15 is 0 Å². The molecule has 0 saturated heterocycles. The normalized spacial score (nSPS) is 31.2. The molecule has 2 nitrogen and oxygen atoms in total. The molecular weight excluding hydrogens is 217 g/mol. The van der Waals surface area contributed by atoms with E-state index in [1.807, 2.05) is 0 Å². The van der Waals surface area contributed by atoms with Crippen molar-refractivity contribution in [3.05, 3.63) is 29.8 Å². The third kappa shape index (κ3) is 2.65. The molecule has 4 atom stereocenters. The second-order valence-electron chi connectivity index (χ2n) is 5.37. The van der Waals surface area contributed by atoms with Crippen LogP contribution in [0.3, 0.4) is 0 Å². The maximum absolute atomic E-state index is 13.5. The zero-order valence-electron chi connectivity index (χ0n) is 10.4. The van der Waals surface area contributed by atoms with Crippen LogP contribution < -0.4 is 0 Å². The van der Waals surface area contributed by atoms with Gasteiger partial charge in [0.15, 0.2) is 0 Å². The molecule has 3 heteroatoms. The molecule has 0 aliphatic heterocycles. The molecule has 2 rings (SSSR count). The van der Waals surface area contributed by atoms with Gasteiger partial charge in [0, 0.05) is 11.8 Å². The van der Waals surface area contributed by atoms with Crippen LogP contribution in [0.25, 0.3) is 0 Å². The molecule has 0 bridgehead atoms. The number of halogens is 1. The van der Waals surface area contributed by atoms with Gasteiger partial charge in [-0.3, -0.25) is 4.98 Å². The zero-order valence-corrected chi connectivity index (χ0v) is 10.4. The fraction of sp³-hybridized carbons (Fsp3) is 0.643. The van der Waals surface area contributed by atoms with E-state index < -0.39 is 11.9 Å². The quantitative estimate of drug-likeness (QED) is 0.856. The van der Waals surface area contributed by atoms with Gasteiger partial charge in [0.2, 0.25) is 0 Å². The van der Waals surface area contributed by atoms with Crippen molar-refractivity contribution in [1.29, 1.82) is 0 Å². The van der Waals surface area contributed by atoms with Crippen LogP contribution in [0.2, 0.25) is 0 Å². The number of aliphatic hydroxyl groups excluding tert-OH is 1. The monoisotopic (exact) mass is 237 g/mol. The van der Waals surface area contributed by atoms with Crippen molar-refractivity contribution in [1.82, 2.24) is 4.98 Å². The number of nitrogens with zero attached hydrogens (tertiary/aromatic N) is 1. The van der Waals surface area contributed by atoms with Crippen molar-refractivity contribution >= 4 is 0 Å². The summed E-state index contributed by atoms with van der Waals surface area (Å²) in [5, 5.41) is 10.3. The van der Waals surface area contributed by atoms with E-state index in [0.717, 1.165) is 19.3 Å². The van der Waals surface area contributed by atoms with Gasteiger partial charge in [0.05, 0.1) is 12.3 Å². The lowest BCUT2D eigenvalue weighted by Crippen LogP contribution is -2.25. The van der Waals surface area contributed by atoms with Gasteiger partial charge in [-0.2, -0.15) is 0 Å². The third-order valence-electron chi connectivity index (χ3n) is 4.21. The smallest absolute Gasteiger partial charge is 0.147 e. The molecule has 1 saturated carbocycles. The lowest BCUT2D eigenvalue weighted by Gasteiger charge is -2.34. The summed E-state index contributed by atoms with van der Waals surface area (Å²) in [6.07, 6.45) is 5.10. The average Bonchev–Trinajstić information content (AvgIpc) is 2.32. The van der Waals surface area contributed by atoms with Crippen LogP contribution in [-0.4, -0.2) is 10.1 Å². The van der Waals surface area contributed by atoms with Gasteiger partial charge in [-0.1, -0.05) is 20.3 Å². The van der Waals surface area contributed by atoms with Crippen molar-refractivity contribution in [2.75, 3.05) is 0 Å². The SMILES string of the molecule is CC1CCC(C(O)c2ccncc2F)CC1C. The molecule has 1 aromatic rings. The Bertz CT molecular complexity index is 382. The van der Waals surface area contributed by atoms with Crippen molar-refractivity contribution < 1.29 is 9.50 Å². The predicted octanol–water partition coefficient (Wildman–Crippen LogP) is 3.33.